The Morgan fingerprint density at radius 1 is 1.63 bits per heavy atom. The summed E-state index contributed by atoms with van der Waals surface area (Å²) in [6, 6.07) is 1.56. The topological polar surface area (TPSA) is 74.2 Å². The monoisotopic (exact) mass is 268 g/mol. The van der Waals surface area contributed by atoms with E-state index in [9.17, 15) is 14.3 Å². The number of nitrogens with one attached hydrogen (secondary N) is 2. The zero-order valence-corrected chi connectivity index (χ0v) is 11.3. The third kappa shape index (κ3) is 4.48. The van der Waals surface area contributed by atoms with E-state index >= 15 is 0 Å². The van der Waals surface area contributed by atoms with Crippen LogP contribution in [0, 0.1) is 6.20 Å². The molecule has 5 nitrogen and oxygen atoms in total. The molecule has 1 aromatic heterocycles. The molecule has 0 aliphatic carbocycles. The minimum atomic E-state index is -1.54. The van der Waals surface area contributed by atoms with Crippen LogP contribution in [-0.2, 0) is 0 Å². The fraction of sp³-hybridized carbons (Fsp3) is 0.538. The molecule has 0 saturated heterocycles. The fourth-order valence-electron chi connectivity index (χ4n) is 1.40. The molecule has 1 radical (unpaired) electrons. The zero-order valence-electron chi connectivity index (χ0n) is 11.3. The average molecular weight is 268 g/mol. The SMILES string of the molecule is CCNc1c[c]ncc1C(=O)NC[C@@H](F)C(C)(C)O. The van der Waals surface area contributed by atoms with E-state index in [0.717, 1.165) is 0 Å². The van der Waals surface area contributed by atoms with Crippen LogP contribution >= 0.6 is 0 Å². The van der Waals surface area contributed by atoms with Crippen molar-refractivity contribution in [3.05, 3.63) is 24.0 Å². The number of halogens is 1. The maximum Gasteiger partial charge on any atom is 0.255 e. The summed E-state index contributed by atoms with van der Waals surface area (Å²) in [5.41, 5.74) is -0.572. The molecule has 1 aromatic rings. The van der Waals surface area contributed by atoms with E-state index in [1.807, 2.05) is 6.92 Å². The molecule has 0 bridgehead atoms. The number of amides is 1. The summed E-state index contributed by atoms with van der Waals surface area (Å²) in [5, 5.41) is 14.9. The Kier molecular flexibility index (Phi) is 5.23. The molecule has 1 amide bonds. The van der Waals surface area contributed by atoms with Gasteiger partial charge in [0.05, 0.1) is 29.6 Å². The number of rotatable bonds is 6. The van der Waals surface area contributed by atoms with Gasteiger partial charge in [0.15, 0.2) is 0 Å². The van der Waals surface area contributed by atoms with Crippen LogP contribution in [0.2, 0.25) is 0 Å². The number of hydrogen-bond donors (Lipinski definition) is 3. The second kappa shape index (κ2) is 6.47. The standard InChI is InChI=1S/C13H19FN3O2/c1-4-16-10-5-6-15-7-9(10)12(18)17-8-11(14)13(2,3)19/h5,7,11,19H,4,8H2,1-3H3,(H,15,16)(H,17,18)/t11-/m1/s1. The van der Waals surface area contributed by atoms with E-state index in [2.05, 4.69) is 21.8 Å². The normalized spacial score (nSPS) is 12.9. The van der Waals surface area contributed by atoms with Crippen LogP contribution in [-0.4, -0.2) is 40.9 Å². The summed E-state index contributed by atoms with van der Waals surface area (Å²) in [6.45, 7) is 4.99. The van der Waals surface area contributed by atoms with Crippen LogP contribution in [0.5, 0.6) is 0 Å². The molecule has 19 heavy (non-hydrogen) atoms. The van der Waals surface area contributed by atoms with Crippen molar-refractivity contribution in [2.45, 2.75) is 32.5 Å². The Hall–Kier alpha value is -1.69. The number of nitrogens with zero attached hydrogens (tertiary/aromatic N) is 1. The van der Waals surface area contributed by atoms with Crippen molar-refractivity contribution in [3.63, 3.8) is 0 Å². The van der Waals surface area contributed by atoms with E-state index < -0.39 is 17.7 Å². The van der Waals surface area contributed by atoms with Gasteiger partial charge in [0, 0.05) is 12.7 Å². The maximum atomic E-state index is 13.5. The van der Waals surface area contributed by atoms with E-state index in [1.54, 1.807) is 6.07 Å². The average Bonchev–Trinajstić information content (AvgIpc) is 2.35. The third-order valence-electron chi connectivity index (χ3n) is 2.59. The van der Waals surface area contributed by atoms with E-state index in [1.165, 1.54) is 20.0 Å². The molecule has 105 valence electrons. The Labute approximate surface area is 112 Å². The van der Waals surface area contributed by atoms with E-state index in [-0.39, 0.29) is 6.54 Å². The summed E-state index contributed by atoms with van der Waals surface area (Å²) in [7, 11) is 0. The van der Waals surface area contributed by atoms with Crippen molar-refractivity contribution in [2.75, 3.05) is 18.4 Å². The van der Waals surface area contributed by atoms with Crippen LogP contribution in [0.25, 0.3) is 0 Å². The summed E-state index contributed by atoms with van der Waals surface area (Å²) in [6.07, 6.45) is 2.45. The molecule has 3 N–H and O–H groups in total. The van der Waals surface area contributed by atoms with Crippen LogP contribution in [0.1, 0.15) is 31.1 Å². The summed E-state index contributed by atoms with van der Waals surface area (Å²) in [4.78, 5) is 15.7. The number of pyridine rings is 1. The Morgan fingerprint density at radius 2 is 2.32 bits per heavy atom. The van der Waals surface area contributed by atoms with Gasteiger partial charge >= 0.3 is 0 Å². The van der Waals surface area contributed by atoms with Gasteiger partial charge in [-0.2, -0.15) is 0 Å². The molecular formula is C13H19FN3O2. The van der Waals surface area contributed by atoms with Crippen molar-refractivity contribution in [3.8, 4) is 0 Å². The lowest BCUT2D eigenvalue weighted by atomic mass is 10.0. The first-order valence-electron chi connectivity index (χ1n) is 6.10. The minimum Gasteiger partial charge on any atom is -0.387 e. The van der Waals surface area contributed by atoms with Crippen molar-refractivity contribution >= 4 is 11.6 Å². The molecule has 0 aromatic carbocycles. The number of hydrogen-bond acceptors (Lipinski definition) is 4. The van der Waals surface area contributed by atoms with Crippen molar-refractivity contribution in [1.29, 1.82) is 0 Å². The smallest absolute Gasteiger partial charge is 0.255 e. The highest BCUT2D eigenvalue weighted by molar-refractivity contribution is 5.99. The van der Waals surface area contributed by atoms with Gasteiger partial charge in [0.2, 0.25) is 0 Å². The molecule has 6 heteroatoms. The van der Waals surface area contributed by atoms with Crippen molar-refractivity contribution < 1.29 is 14.3 Å². The second-order valence-electron chi connectivity index (χ2n) is 4.72. The van der Waals surface area contributed by atoms with Crippen LogP contribution in [0.15, 0.2) is 12.3 Å². The predicted molar refractivity (Wildman–Crippen MR) is 70.8 cm³/mol. The molecule has 0 spiro atoms. The molecule has 0 aliphatic rings. The van der Waals surface area contributed by atoms with Gasteiger partial charge in [-0.25, -0.2) is 4.39 Å². The fourth-order valence-corrected chi connectivity index (χ4v) is 1.40. The van der Waals surface area contributed by atoms with Gasteiger partial charge in [-0.15, -0.1) is 0 Å². The lowest BCUT2D eigenvalue weighted by Crippen LogP contribution is -2.42. The van der Waals surface area contributed by atoms with Gasteiger partial charge in [-0.1, -0.05) is 0 Å². The lowest BCUT2D eigenvalue weighted by molar-refractivity contribution is -0.00177. The van der Waals surface area contributed by atoms with Gasteiger partial charge in [-0.05, 0) is 26.8 Å². The Morgan fingerprint density at radius 3 is 2.89 bits per heavy atom. The molecule has 1 rings (SSSR count). The predicted octanol–water partition coefficient (Wildman–Crippen LogP) is 1.15. The van der Waals surface area contributed by atoms with Crippen molar-refractivity contribution in [1.82, 2.24) is 10.3 Å². The number of carbonyl (C=O) groups is 1. The summed E-state index contributed by atoms with van der Waals surface area (Å²) in [5.74, 6) is -0.440. The number of carbonyl (C=O) groups excluding carboxylic acids is 1. The van der Waals surface area contributed by atoms with Gasteiger partial charge in [-0.3, -0.25) is 9.78 Å². The quantitative estimate of drug-likeness (QED) is 0.723. The first kappa shape index (κ1) is 15.4. The largest absolute Gasteiger partial charge is 0.387 e. The summed E-state index contributed by atoms with van der Waals surface area (Å²) >= 11 is 0. The number of alkyl halides is 1. The Bertz CT molecular complexity index is 432. The number of aliphatic hydroxyl groups is 1. The highest BCUT2D eigenvalue weighted by Gasteiger charge is 2.27. The summed E-state index contributed by atoms with van der Waals surface area (Å²) < 4.78 is 13.5. The van der Waals surface area contributed by atoms with E-state index in [4.69, 9.17) is 0 Å². The minimum absolute atomic E-state index is 0.257. The molecule has 0 saturated carbocycles. The Balaban J connectivity index is 2.69. The van der Waals surface area contributed by atoms with Crippen LogP contribution < -0.4 is 10.6 Å². The molecule has 0 fully saturated rings. The van der Waals surface area contributed by atoms with Gasteiger partial charge in [0.25, 0.3) is 5.91 Å². The first-order chi connectivity index (χ1) is 8.86. The van der Waals surface area contributed by atoms with Gasteiger partial charge in [0.1, 0.15) is 6.17 Å². The second-order valence-corrected chi connectivity index (χ2v) is 4.72. The van der Waals surface area contributed by atoms with Crippen LogP contribution in [0.4, 0.5) is 10.1 Å². The lowest BCUT2D eigenvalue weighted by Gasteiger charge is -2.22. The molecule has 1 heterocycles. The molecule has 0 aliphatic heterocycles. The first-order valence-corrected chi connectivity index (χ1v) is 6.10. The van der Waals surface area contributed by atoms with Gasteiger partial charge < -0.3 is 15.7 Å². The van der Waals surface area contributed by atoms with Crippen LogP contribution in [0.3, 0.4) is 0 Å². The molecule has 0 unspecified atom stereocenters. The maximum absolute atomic E-state index is 13.5. The molecular weight excluding hydrogens is 249 g/mol. The zero-order chi connectivity index (χ0) is 14.5. The highest BCUT2D eigenvalue weighted by atomic mass is 19.1. The van der Waals surface area contributed by atoms with Crippen molar-refractivity contribution in [2.24, 2.45) is 0 Å². The third-order valence-corrected chi connectivity index (χ3v) is 2.59. The molecule has 1 atom stereocenters. The highest BCUT2D eigenvalue weighted by Crippen LogP contribution is 2.14. The number of anilines is 1. The van der Waals surface area contributed by atoms with E-state index in [0.29, 0.717) is 17.8 Å². The number of aromatic nitrogens is 1.